The first-order valence-electron chi connectivity index (χ1n) is 11.0. The van der Waals surface area contributed by atoms with Crippen molar-refractivity contribution in [1.29, 1.82) is 0 Å². The molecule has 3 rings (SSSR count). The smallest absolute Gasteiger partial charge is 0.309 e. The number of rotatable bonds is 10. The van der Waals surface area contributed by atoms with Gasteiger partial charge in [0.1, 0.15) is 18.2 Å². The van der Waals surface area contributed by atoms with E-state index in [0.717, 1.165) is 28.2 Å². The minimum Gasteiger partial charge on any atom is -0.497 e. The van der Waals surface area contributed by atoms with Crippen LogP contribution in [-0.2, 0) is 16.1 Å². The van der Waals surface area contributed by atoms with Crippen molar-refractivity contribution in [3.63, 3.8) is 0 Å². The van der Waals surface area contributed by atoms with Gasteiger partial charge < -0.3 is 19.5 Å². The SMILES string of the molecule is COc1ccc(N(C)c2nc(COCC(C)(C)CC(C)(C)C(=O)O)nc3ccccc23)cc1. The molecule has 0 aliphatic carbocycles. The van der Waals surface area contributed by atoms with Gasteiger partial charge in [-0.15, -0.1) is 0 Å². The predicted octanol–water partition coefficient (Wildman–Crippen LogP) is 5.45. The van der Waals surface area contributed by atoms with Crippen LogP contribution in [0.5, 0.6) is 5.75 Å². The number of nitrogens with zero attached hydrogens (tertiary/aromatic N) is 3. The molecule has 2 aromatic carbocycles. The van der Waals surface area contributed by atoms with Crippen LogP contribution in [0.3, 0.4) is 0 Å². The van der Waals surface area contributed by atoms with Crippen LogP contribution >= 0.6 is 0 Å². The number of carbonyl (C=O) groups is 1. The van der Waals surface area contributed by atoms with E-state index in [0.29, 0.717) is 18.9 Å². The van der Waals surface area contributed by atoms with Gasteiger partial charge in [-0.3, -0.25) is 4.79 Å². The maximum Gasteiger partial charge on any atom is 0.309 e. The second kappa shape index (κ2) is 9.75. The molecule has 0 aliphatic rings. The van der Waals surface area contributed by atoms with Crippen LogP contribution in [0.15, 0.2) is 48.5 Å². The van der Waals surface area contributed by atoms with Crippen molar-refractivity contribution in [2.45, 2.75) is 40.7 Å². The number of hydrogen-bond acceptors (Lipinski definition) is 6. The van der Waals surface area contributed by atoms with Crippen molar-refractivity contribution in [2.75, 3.05) is 25.7 Å². The summed E-state index contributed by atoms with van der Waals surface area (Å²) in [5.41, 5.74) is 0.693. The lowest BCUT2D eigenvalue weighted by atomic mass is 9.75. The molecule has 1 heterocycles. The van der Waals surface area contributed by atoms with Gasteiger partial charge in [-0.05, 0) is 62.1 Å². The third kappa shape index (κ3) is 5.99. The second-order valence-electron chi connectivity index (χ2n) is 9.76. The van der Waals surface area contributed by atoms with E-state index in [9.17, 15) is 9.90 Å². The average Bonchev–Trinajstić information content (AvgIpc) is 2.77. The number of ether oxygens (including phenoxy) is 2. The molecule has 0 saturated heterocycles. The molecule has 0 amide bonds. The molecule has 1 N–H and O–H groups in total. The molecule has 176 valence electrons. The Morgan fingerprint density at radius 2 is 1.70 bits per heavy atom. The lowest BCUT2D eigenvalue weighted by molar-refractivity contribution is -0.149. The van der Waals surface area contributed by atoms with Crippen LogP contribution < -0.4 is 9.64 Å². The molecule has 0 fully saturated rings. The maximum absolute atomic E-state index is 11.5. The van der Waals surface area contributed by atoms with Crippen LogP contribution in [0.25, 0.3) is 10.9 Å². The van der Waals surface area contributed by atoms with Crippen molar-refractivity contribution in [2.24, 2.45) is 10.8 Å². The number of aliphatic carboxylic acids is 1. The molecule has 0 saturated carbocycles. The van der Waals surface area contributed by atoms with E-state index in [2.05, 4.69) is 4.98 Å². The van der Waals surface area contributed by atoms with Gasteiger partial charge in [-0.2, -0.15) is 0 Å². The Balaban J connectivity index is 1.81. The van der Waals surface area contributed by atoms with E-state index in [4.69, 9.17) is 14.5 Å². The van der Waals surface area contributed by atoms with E-state index in [1.54, 1.807) is 21.0 Å². The second-order valence-corrected chi connectivity index (χ2v) is 9.76. The fraction of sp³-hybridized carbons (Fsp3) is 0.423. The lowest BCUT2D eigenvalue weighted by Gasteiger charge is -2.31. The number of para-hydroxylation sites is 1. The van der Waals surface area contributed by atoms with Crippen LogP contribution in [0.1, 0.15) is 39.9 Å². The summed E-state index contributed by atoms with van der Waals surface area (Å²) in [5.74, 6) is 1.36. The topological polar surface area (TPSA) is 84.8 Å². The van der Waals surface area contributed by atoms with Crippen molar-refractivity contribution < 1.29 is 19.4 Å². The summed E-state index contributed by atoms with van der Waals surface area (Å²) >= 11 is 0. The van der Waals surface area contributed by atoms with Crippen molar-refractivity contribution >= 4 is 28.4 Å². The van der Waals surface area contributed by atoms with Crippen molar-refractivity contribution in [3.8, 4) is 5.75 Å². The zero-order valence-corrected chi connectivity index (χ0v) is 20.3. The van der Waals surface area contributed by atoms with Crippen LogP contribution in [-0.4, -0.2) is 41.8 Å². The highest BCUT2D eigenvalue weighted by Crippen LogP contribution is 2.34. The Kier molecular flexibility index (Phi) is 7.22. The Bertz CT molecular complexity index is 1110. The molecule has 33 heavy (non-hydrogen) atoms. The van der Waals surface area contributed by atoms with Gasteiger partial charge >= 0.3 is 5.97 Å². The highest BCUT2D eigenvalue weighted by atomic mass is 16.5. The van der Waals surface area contributed by atoms with Gasteiger partial charge in [0.15, 0.2) is 5.82 Å². The summed E-state index contributed by atoms with van der Waals surface area (Å²) in [7, 11) is 3.62. The molecule has 0 radical (unpaired) electrons. The van der Waals surface area contributed by atoms with Gasteiger partial charge in [0, 0.05) is 18.1 Å². The lowest BCUT2D eigenvalue weighted by Crippen LogP contribution is -2.33. The van der Waals surface area contributed by atoms with Gasteiger partial charge in [0.25, 0.3) is 0 Å². The molecule has 0 bridgehead atoms. The number of methoxy groups -OCH3 is 1. The van der Waals surface area contributed by atoms with Crippen LogP contribution in [0, 0.1) is 10.8 Å². The van der Waals surface area contributed by atoms with Gasteiger partial charge in [0.2, 0.25) is 0 Å². The number of carboxylic acids is 1. The number of benzene rings is 2. The van der Waals surface area contributed by atoms with Crippen LogP contribution in [0.2, 0.25) is 0 Å². The predicted molar refractivity (Wildman–Crippen MR) is 130 cm³/mol. The number of carboxylic acid groups (broad SMARTS) is 1. The molecule has 0 atom stereocenters. The average molecular weight is 452 g/mol. The van der Waals surface area contributed by atoms with Crippen LogP contribution in [0.4, 0.5) is 11.5 Å². The summed E-state index contributed by atoms with van der Waals surface area (Å²) in [6.07, 6.45) is 0.499. The number of anilines is 2. The van der Waals surface area contributed by atoms with E-state index in [1.165, 1.54) is 0 Å². The summed E-state index contributed by atoms with van der Waals surface area (Å²) in [5, 5.41) is 10.4. The third-order valence-corrected chi connectivity index (χ3v) is 5.63. The van der Waals surface area contributed by atoms with Gasteiger partial charge in [0.05, 0.1) is 24.6 Å². The monoisotopic (exact) mass is 451 g/mol. The molecule has 7 nitrogen and oxygen atoms in total. The van der Waals surface area contributed by atoms with E-state index >= 15 is 0 Å². The minimum absolute atomic E-state index is 0.241. The first-order chi connectivity index (χ1) is 15.5. The quantitative estimate of drug-likeness (QED) is 0.439. The van der Waals surface area contributed by atoms with Crippen molar-refractivity contribution in [1.82, 2.24) is 9.97 Å². The minimum atomic E-state index is -0.819. The largest absolute Gasteiger partial charge is 0.497 e. The highest BCUT2D eigenvalue weighted by molar-refractivity contribution is 5.91. The first kappa shape index (κ1) is 24.5. The first-order valence-corrected chi connectivity index (χ1v) is 11.0. The summed E-state index contributed by atoms with van der Waals surface area (Å²) in [6, 6.07) is 15.7. The summed E-state index contributed by atoms with van der Waals surface area (Å²) in [4.78, 5) is 23.0. The molecule has 7 heteroatoms. The summed E-state index contributed by atoms with van der Waals surface area (Å²) in [6.45, 7) is 8.16. The highest BCUT2D eigenvalue weighted by Gasteiger charge is 2.34. The maximum atomic E-state index is 11.5. The third-order valence-electron chi connectivity index (χ3n) is 5.63. The van der Waals surface area contributed by atoms with Gasteiger partial charge in [-0.1, -0.05) is 26.0 Å². The van der Waals surface area contributed by atoms with Crippen molar-refractivity contribution in [3.05, 3.63) is 54.4 Å². The number of aromatic nitrogens is 2. The number of fused-ring (bicyclic) bond motifs is 1. The van der Waals surface area contributed by atoms with E-state index in [-0.39, 0.29) is 12.0 Å². The molecular weight excluding hydrogens is 418 g/mol. The van der Waals surface area contributed by atoms with Gasteiger partial charge in [-0.25, -0.2) is 9.97 Å². The molecule has 0 spiro atoms. The van der Waals surface area contributed by atoms with E-state index in [1.807, 2.05) is 74.3 Å². The Morgan fingerprint density at radius 1 is 1.03 bits per heavy atom. The molecular formula is C26H33N3O4. The molecule has 3 aromatic rings. The molecule has 0 unspecified atom stereocenters. The Hall–Kier alpha value is -3.19. The normalized spacial score (nSPS) is 12.1. The number of hydrogen-bond donors (Lipinski definition) is 1. The Morgan fingerprint density at radius 3 is 2.33 bits per heavy atom. The fourth-order valence-corrected chi connectivity index (χ4v) is 4.10. The zero-order chi connectivity index (χ0) is 24.2. The molecule has 1 aromatic heterocycles. The summed E-state index contributed by atoms with van der Waals surface area (Å²) < 4.78 is 11.2. The fourth-order valence-electron chi connectivity index (χ4n) is 4.10. The zero-order valence-electron chi connectivity index (χ0n) is 20.3. The van der Waals surface area contributed by atoms with E-state index < -0.39 is 11.4 Å². The molecule has 0 aliphatic heterocycles. The standard InChI is InChI=1S/C26H33N3O4/c1-25(2,16-26(3,4)24(30)31)17-33-15-22-27-21-10-8-7-9-20(21)23(28-22)29(5)18-11-13-19(32-6)14-12-18/h7-14H,15-17H2,1-6H3,(H,30,31). The Labute approximate surface area is 195 Å².